The summed E-state index contributed by atoms with van der Waals surface area (Å²) in [4.78, 5) is 4.84. The van der Waals surface area contributed by atoms with Gasteiger partial charge in [-0.25, -0.2) is 4.98 Å². The Morgan fingerprint density at radius 1 is 1.05 bits per heavy atom. The maximum atomic E-state index is 6.27. The molecule has 112 valence electrons. The van der Waals surface area contributed by atoms with Gasteiger partial charge in [-0.1, -0.05) is 30.9 Å². The molecule has 1 aromatic heterocycles. The number of rotatable bonds is 1. The van der Waals surface area contributed by atoms with Crippen LogP contribution in [0.1, 0.15) is 54.8 Å². The highest BCUT2D eigenvalue weighted by molar-refractivity contribution is 6.31. The van der Waals surface area contributed by atoms with Crippen LogP contribution >= 0.6 is 11.6 Å². The number of halogens is 1. The van der Waals surface area contributed by atoms with Crippen LogP contribution in [0.25, 0.3) is 23.1 Å². The van der Waals surface area contributed by atoms with Gasteiger partial charge in [-0.3, -0.25) is 0 Å². The first-order chi connectivity index (χ1) is 10.8. The Labute approximate surface area is 135 Å². The summed E-state index contributed by atoms with van der Waals surface area (Å²) >= 11 is 6.27. The molecular weight excluding hydrogens is 292 g/mol. The van der Waals surface area contributed by atoms with Gasteiger partial charge in [-0.2, -0.15) is 0 Å². The third kappa shape index (κ3) is 2.42. The van der Waals surface area contributed by atoms with Crippen molar-refractivity contribution in [2.24, 2.45) is 0 Å². The van der Waals surface area contributed by atoms with Gasteiger partial charge in [0.15, 0.2) is 0 Å². The predicted molar refractivity (Wildman–Crippen MR) is 93.8 cm³/mol. The van der Waals surface area contributed by atoms with Crippen LogP contribution in [-0.4, -0.2) is 4.98 Å². The molecule has 0 radical (unpaired) electrons. The number of nitrogens with one attached hydrogen (secondary N) is 1. The lowest BCUT2D eigenvalue weighted by atomic mass is 9.80. The van der Waals surface area contributed by atoms with Crippen LogP contribution in [0.2, 0.25) is 5.02 Å². The highest BCUT2D eigenvalue weighted by Crippen LogP contribution is 2.40. The highest BCUT2D eigenvalue weighted by atomic mass is 35.5. The molecule has 1 aliphatic carbocycles. The van der Waals surface area contributed by atoms with Crippen molar-refractivity contribution in [3.63, 3.8) is 0 Å². The largest absolute Gasteiger partial charge is 0.368 e. The minimum absolute atomic E-state index is 0.614. The fourth-order valence-corrected chi connectivity index (χ4v) is 3.91. The van der Waals surface area contributed by atoms with E-state index in [0.717, 1.165) is 16.2 Å². The zero-order valence-corrected chi connectivity index (χ0v) is 13.2. The molecule has 2 heterocycles. The molecule has 1 fully saturated rings. The zero-order valence-electron chi connectivity index (χ0n) is 12.5. The molecule has 1 aromatic carbocycles. The molecule has 22 heavy (non-hydrogen) atoms. The molecule has 2 nitrogen and oxygen atoms in total. The number of fused-ring (bicyclic) bond motifs is 2. The molecule has 0 unspecified atom stereocenters. The van der Waals surface area contributed by atoms with Gasteiger partial charge >= 0.3 is 0 Å². The van der Waals surface area contributed by atoms with E-state index >= 15 is 0 Å². The number of hydrogen-bond donors (Lipinski definition) is 1. The Balaban J connectivity index is 2.02. The smallest absolute Gasteiger partial charge is 0.0727 e. The quantitative estimate of drug-likeness (QED) is 0.754. The van der Waals surface area contributed by atoms with E-state index in [4.69, 9.17) is 16.6 Å². The molecule has 1 saturated carbocycles. The van der Waals surface area contributed by atoms with Gasteiger partial charge in [0.25, 0.3) is 0 Å². The first-order valence-electron chi connectivity index (χ1n) is 8.05. The van der Waals surface area contributed by atoms with E-state index in [-0.39, 0.29) is 0 Å². The molecule has 0 atom stereocenters. The summed E-state index contributed by atoms with van der Waals surface area (Å²) in [5.41, 5.74) is 4.79. The van der Waals surface area contributed by atoms with Gasteiger partial charge in [0, 0.05) is 28.4 Å². The molecule has 0 saturated heterocycles. The van der Waals surface area contributed by atoms with Crippen molar-refractivity contribution < 1.29 is 0 Å². The van der Waals surface area contributed by atoms with Crippen molar-refractivity contribution in [3.05, 3.63) is 52.4 Å². The lowest BCUT2D eigenvalue weighted by Gasteiger charge is -2.26. The molecule has 3 heteroatoms. The number of benzene rings is 1. The van der Waals surface area contributed by atoms with Crippen molar-refractivity contribution >= 4 is 34.7 Å². The van der Waals surface area contributed by atoms with Crippen LogP contribution in [0.15, 0.2) is 30.6 Å². The monoisotopic (exact) mass is 310 g/mol. The van der Waals surface area contributed by atoms with Gasteiger partial charge in [0.05, 0.1) is 11.2 Å². The van der Waals surface area contributed by atoms with E-state index in [0.29, 0.717) is 5.92 Å². The second kappa shape index (κ2) is 5.77. The maximum Gasteiger partial charge on any atom is 0.0727 e. The molecule has 0 amide bonds. The number of pyridine rings is 1. The number of hydrogen-bond acceptors (Lipinski definition) is 2. The van der Waals surface area contributed by atoms with Gasteiger partial charge in [-0.05, 0) is 54.7 Å². The standard InChI is InChI=1S/C19H19ClN2/c20-14-6-7-17-16(12-14)19(13-4-2-1-3-5-13)15-8-10-21-11-9-18(15)22-17/h6-13,21H,1-5H2. The van der Waals surface area contributed by atoms with Crippen molar-refractivity contribution in [2.45, 2.75) is 38.0 Å². The van der Waals surface area contributed by atoms with Crippen molar-refractivity contribution in [1.29, 1.82) is 0 Å². The second-order valence-electron chi connectivity index (χ2n) is 6.15. The molecule has 4 rings (SSSR count). The normalized spacial score (nSPS) is 18.0. The van der Waals surface area contributed by atoms with Crippen molar-refractivity contribution in [2.75, 3.05) is 0 Å². The zero-order chi connectivity index (χ0) is 14.9. The second-order valence-corrected chi connectivity index (χ2v) is 6.59. The molecule has 1 aliphatic heterocycles. The molecule has 1 N–H and O–H groups in total. The van der Waals surface area contributed by atoms with E-state index in [1.54, 1.807) is 0 Å². The third-order valence-electron chi connectivity index (χ3n) is 4.75. The Kier molecular flexibility index (Phi) is 3.63. The van der Waals surface area contributed by atoms with E-state index in [1.807, 2.05) is 24.5 Å². The summed E-state index contributed by atoms with van der Waals surface area (Å²) < 4.78 is 0. The predicted octanol–water partition coefficient (Wildman–Crippen LogP) is 5.48. The Bertz CT molecular complexity index is 771. The van der Waals surface area contributed by atoms with Crippen LogP contribution in [0.4, 0.5) is 0 Å². The van der Waals surface area contributed by atoms with Crippen LogP contribution < -0.4 is 5.32 Å². The fraction of sp³-hybridized carbons (Fsp3) is 0.316. The van der Waals surface area contributed by atoms with E-state index < -0.39 is 0 Å². The van der Waals surface area contributed by atoms with Crippen LogP contribution in [0, 0.1) is 0 Å². The van der Waals surface area contributed by atoms with Crippen LogP contribution in [-0.2, 0) is 0 Å². The van der Waals surface area contributed by atoms with Crippen molar-refractivity contribution in [3.8, 4) is 0 Å². The molecule has 2 aliphatic rings. The summed E-state index contributed by atoms with van der Waals surface area (Å²) in [7, 11) is 0. The minimum Gasteiger partial charge on any atom is -0.368 e. The first kappa shape index (κ1) is 13.8. The Morgan fingerprint density at radius 3 is 2.73 bits per heavy atom. The molecule has 0 spiro atoms. The van der Waals surface area contributed by atoms with E-state index in [9.17, 15) is 0 Å². The summed E-state index contributed by atoms with van der Waals surface area (Å²) in [6, 6.07) is 6.06. The molecular formula is C19H19ClN2. The van der Waals surface area contributed by atoms with Gasteiger partial charge in [0.2, 0.25) is 0 Å². The SMILES string of the molecule is Clc1ccc2nc3c(c(C4CCCCC4)c2c1)C=CNC=C3. The Hall–Kier alpha value is -1.80. The Morgan fingerprint density at radius 2 is 1.86 bits per heavy atom. The number of aromatic nitrogens is 1. The average molecular weight is 311 g/mol. The van der Waals surface area contributed by atoms with E-state index in [1.165, 1.54) is 48.6 Å². The fourth-order valence-electron chi connectivity index (χ4n) is 3.74. The lowest BCUT2D eigenvalue weighted by molar-refractivity contribution is 0.445. The van der Waals surface area contributed by atoms with E-state index in [2.05, 4.69) is 23.5 Å². The van der Waals surface area contributed by atoms with Gasteiger partial charge in [-0.15, -0.1) is 0 Å². The summed E-state index contributed by atoms with van der Waals surface area (Å²) in [5, 5.41) is 5.17. The first-order valence-corrected chi connectivity index (χ1v) is 8.43. The third-order valence-corrected chi connectivity index (χ3v) is 4.99. The minimum atomic E-state index is 0.614. The summed E-state index contributed by atoms with van der Waals surface area (Å²) in [5.74, 6) is 0.614. The van der Waals surface area contributed by atoms with Crippen LogP contribution in [0.5, 0.6) is 0 Å². The average Bonchev–Trinajstić information content (AvgIpc) is 2.78. The highest BCUT2D eigenvalue weighted by Gasteiger charge is 2.23. The summed E-state index contributed by atoms with van der Waals surface area (Å²) in [6.45, 7) is 0. The van der Waals surface area contributed by atoms with Crippen LogP contribution in [0.3, 0.4) is 0 Å². The molecule has 0 bridgehead atoms. The topological polar surface area (TPSA) is 24.9 Å². The number of nitrogens with zero attached hydrogens (tertiary/aromatic N) is 1. The van der Waals surface area contributed by atoms with Gasteiger partial charge < -0.3 is 5.32 Å². The van der Waals surface area contributed by atoms with Gasteiger partial charge in [0.1, 0.15) is 0 Å². The van der Waals surface area contributed by atoms with Crippen molar-refractivity contribution in [1.82, 2.24) is 10.3 Å². The molecule has 2 aromatic rings. The summed E-state index contributed by atoms with van der Waals surface area (Å²) in [6.07, 6.45) is 14.7. The maximum absolute atomic E-state index is 6.27. The lowest BCUT2D eigenvalue weighted by Crippen LogP contribution is -2.09.